The van der Waals surface area contributed by atoms with E-state index in [2.05, 4.69) is 55.2 Å². The molecule has 2 aromatic heterocycles. The SMILES string of the molecule is CN=C(NCc1ncnn1C)NCC1CCCN(C)C1c1cccs1.I. The van der Waals surface area contributed by atoms with Gasteiger partial charge in [-0.25, -0.2) is 4.98 Å². The van der Waals surface area contributed by atoms with Crippen molar-refractivity contribution in [2.75, 3.05) is 27.2 Å². The second-order valence-corrected chi connectivity index (χ2v) is 7.43. The van der Waals surface area contributed by atoms with Crippen molar-refractivity contribution in [1.82, 2.24) is 30.3 Å². The topological polar surface area (TPSA) is 70.4 Å². The summed E-state index contributed by atoms with van der Waals surface area (Å²) in [5, 5.41) is 13.1. The number of aryl methyl sites for hydroxylation is 1. The summed E-state index contributed by atoms with van der Waals surface area (Å²) in [5.41, 5.74) is 0. The smallest absolute Gasteiger partial charge is 0.191 e. The van der Waals surface area contributed by atoms with Gasteiger partial charge in [-0.05, 0) is 43.8 Å². The normalized spacial score (nSPS) is 21.3. The Morgan fingerprint density at radius 1 is 1.38 bits per heavy atom. The molecule has 26 heavy (non-hydrogen) atoms. The van der Waals surface area contributed by atoms with Crippen LogP contribution in [0.25, 0.3) is 0 Å². The molecule has 1 aliphatic rings. The maximum Gasteiger partial charge on any atom is 0.191 e. The van der Waals surface area contributed by atoms with Crippen LogP contribution in [0.1, 0.15) is 29.6 Å². The van der Waals surface area contributed by atoms with Crippen LogP contribution in [0.2, 0.25) is 0 Å². The van der Waals surface area contributed by atoms with Crippen molar-refractivity contribution in [3.8, 4) is 0 Å². The van der Waals surface area contributed by atoms with Crippen molar-refractivity contribution in [2.24, 2.45) is 18.0 Å². The number of piperidine rings is 1. The van der Waals surface area contributed by atoms with Crippen molar-refractivity contribution in [3.63, 3.8) is 0 Å². The highest BCUT2D eigenvalue weighted by atomic mass is 127. The van der Waals surface area contributed by atoms with Crippen molar-refractivity contribution < 1.29 is 0 Å². The van der Waals surface area contributed by atoms with Crippen molar-refractivity contribution in [3.05, 3.63) is 34.5 Å². The monoisotopic (exact) mass is 489 g/mol. The van der Waals surface area contributed by atoms with Crippen LogP contribution in [0.3, 0.4) is 0 Å². The predicted octanol–water partition coefficient (Wildman–Crippen LogP) is 2.24. The first-order chi connectivity index (χ1) is 12.2. The van der Waals surface area contributed by atoms with Crippen molar-refractivity contribution in [2.45, 2.75) is 25.4 Å². The van der Waals surface area contributed by atoms with Gasteiger partial charge in [0.15, 0.2) is 5.96 Å². The van der Waals surface area contributed by atoms with Crippen LogP contribution < -0.4 is 10.6 Å². The van der Waals surface area contributed by atoms with E-state index in [4.69, 9.17) is 0 Å². The van der Waals surface area contributed by atoms with E-state index in [1.54, 1.807) is 18.1 Å². The van der Waals surface area contributed by atoms with Gasteiger partial charge < -0.3 is 10.6 Å². The molecular formula is C17H28IN7S. The standard InChI is InChI=1S/C17H27N7S.HI/c1-18-17(20-11-15-21-12-22-24(15)3)19-10-13-6-4-8-23(2)16(13)14-7-5-9-25-14;/h5,7,9,12-13,16H,4,6,8,10-11H2,1-3H3,(H2,18,19,20);1H. The van der Waals surface area contributed by atoms with Gasteiger partial charge in [0.1, 0.15) is 12.2 Å². The van der Waals surface area contributed by atoms with Crippen molar-refractivity contribution in [1.29, 1.82) is 0 Å². The van der Waals surface area contributed by atoms with E-state index in [1.807, 2.05) is 18.4 Å². The van der Waals surface area contributed by atoms with Gasteiger partial charge in [-0.2, -0.15) is 5.10 Å². The second kappa shape index (κ2) is 10.2. The number of nitrogens with one attached hydrogen (secondary N) is 2. The molecule has 0 bridgehead atoms. The Kier molecular flexibility index (Phi) is 8.29. The summed E-state index contributed by atoms with van der Waals surface area (Å²) in [6.45, 7) is 2.68. The second-order valence-electron chi connectivity index (χ2n) is 6.45. The molecule has 2 N–H and O–H groups in total. The Balaban J connectivity index is 0.00000243. The lowest BCUT2D eigenvalue weighted by Crippen LogP contribution is -2.44. The maximum atomic E-state index is 4.33. The molecule has 1 fully saturated rings. The number of likely N-dealkylation sites (tertiary alicyclic amines) is 1. The highest BCUT2D eigenvalue weighted by Gasteiger charge is 2.31. The number of hydrogen-bond donors (Lipinski definition) is 2. The minimum atomic E-state index is 0. The summed E-state index contributed by atoms with van der Waals surface area (Å²) in [7, 11) is 5.93. The van der Waals surface area contributed by atoms with Gasteiger partial charge in [0, 0.05) is 31.6 Å². The quantitative estimate of drug-likeness (QED) is 0.383. The molecule has 0 aromatic carbocycles. The molecule has 2 atom stereocenters. The van der Waals surface area contributed by atoms with Gasteiger partial charge in [-0.15, -0.1) is 35.3 Å². The van der Waals surface area contributed by atoms with Crippen LogP contribution >= 0.6 is 35.3 Å². The molecule has 2 unspecified atom stereocenters. The van der Waals surface area contributed by atoms with Crippen LogP contribution in [0.4, 0.5) is 0 Å². The number of rotatable bonds is 5. The predicted molar refractivity (Wildman–Crippen MR) is 117 cm³/mol. The van der Waals surface area contributed by atoms with Gasteiger partial charge in [-0.3, -0.25) is 14.6 Å². The van der Waals surface area contributed by atoms with Crippen LogP contribution in [0, 0.1) is 5.92 Å². The molecule has 0 amide bonds. The molecule has 3 heterocycles. The Morgan fingerprint density at radius 3 is 2.88 bits per heavy atom. The third kappa shape index (κ3) is 5.17. The lowest BCUT2D eigenvalue weighted by Gasteiger charge is -2.39. The Morgan fingerprint density at radius 2 is 2.23 bits per heavy atom. The summed E-state index contributed by atoms with van der Waals surface area (Å²) in [6.07, 6.45) is 4.05. The molecule has 1 saturated heterocycles. The third-order valence-corrected chi connectivity index (χ3v) is 5.76. The molecule has 0 saturated carbocycles. The fourth-order valence-electron chi connectivity index (χ4n) is 3.47. The summed E-state index contributed by atoms with van der Waals surface area (Å²) in [5.74, 6) is 2.27. The number of aliphatic imine (C=N–C) groups is 1. The Bertz CT molecular complexity index is 685. The van der Waals surface area contributed by atoms with E-state index >= 15 is 0 Å². The largest absolute Gasteiger partial charge is 0.356 e. The summed E-state index contributed by atoms with van der Waals surface area (Å²) in [4.78, 5) is 12.5. The average molecular weight is 489 g/mol. The average Bonchev–Trinajstić information content (AvgIpc) is 3.27. The van der Waals surface area contributed by atoms with E-state index in [0.717, 1.165) is 24.9 Å². The fraction of sp³-hybridized carbons (Fsp3) is 0.588. The highest BCUT2D eigenvalue weighted by Crippen LogP contribution is 2.36. The van der Waals surface area contributed by atoms with Crippen LogP contribution in [0.15, 0.2) is 28.8 Å². The molecule has 0 aliphatic carbocycles. The minimum Gasteiger partial charge on any atom is -0.356 e. The molecule has 1 aliphatic heterocycles. The molecule has 0 spiro atoms. The molecule has 7 nitrogen and oxygen atoms in total. The van der Waals surface area contributed by atoms with Gasteiger partial charge in [0.05, 0.1) is 6.54 Å². The van der Waals surface area contributed by atoms with Crippen LogP contribution in [-0.4, -0.2) is 52.8 Å². The zero-order valence-corrected chi connectivity index (χ0v) is 18.7. The number of halogens is 1. The lowest BCUT2D eigenvalue weighted by atomic mass is 9.88. The first kappa shape index (κ1) is 21.1. The van der Waals surface area contributed by atoms with Crippen LogP contribution in [0.5, 0.6) is 0 Å². The molecule has 9 heteroatoms. The van der Waals surface area contributed by atoms with Gasteiger partial charge >= 0.3 is 0 Å². The molecular weight excluding hydrogens is 461 g/mol. The Hall–Kier alpha value is -1.20. The van der Waals surface area contributed by atoms with E-state index in [-0.39, 0.29) is 24.0 Å². The van der Waals surface area contributed by atoms with E-state index in [1.165, 1.54) is 17.7 Å². The van der Waals surface area contributed by atoms with Crippen LogP contribution in [-0.2, 0) is 13.6 Å². The first-order valence-corrected chi connectivity index (χ1v) is 9.58. The first-order valence-electron chi connectivity index (χ1n) is 8.70. The molecule has 144 valence electrons. The lowest BCUT2D eigenvalue weighted by molar-refractivity contribution is 0.125. The van der Waals surface area contributed by atoms with E-state index in [0.29, 0.717) is 18.5 Å². The van der Waals surface area contributed by atoms with Gasteiger partial charge in [-0.1, -0.05) is 6.07 Å². The fourth-order valence-corrected chi connectivity index (χ4v) is 4.46. The minimum absolute atomic E-state index is 0. The number of nitrogens with zero attached hydrogens (tertiary/aromatic N) is 5. The molecule has 2 aromatic rings. The highest BCUT2D eigenvalue weighted by molar-refractivity contribution is 14.0. The summed E-state index contributed by atoms with van der Waals surface area (Å²) in [6, 6.07) is 4.89. The van der Waals surface area contributed by atoms with E-state index in [9.17, 15) is 0 Å². The molecule has 3 rings (SSSR count). The number of aromatic nitrogens is 3. The molecule has 0 radical (unpaired) electrons. The van der Waals surface area contributed by atoms with Crippen molar-refractivity contribution >= 4 is 41.3 Å². The summed E-state index contributed by atoms with van der Waals surface area (Å²) >= 11 is 1.85. The third-order valence-electron chi connectivity index (χ3n) is 4.82. The number of thiophene rings is 1. The zero-order valence-electron chi connectivity index (χ0n) is 15.6. The number of guanidine groups is 1. The van der Waals surface area contributed by atoms with Gasteiger partial charge in [0.25, 0.3) is 0 Å². The number of hydrogen-bond acceptors (Lipinski definition) is 5. The maximum absolute atomic E-state index is 4.33. The Labute approximate surface area is 176 Å². The summed E-state index contributed by atoms with van der Waals surface area (Å²) < 4.78 is 1.77. The van der Waals surface area contributed by atoms with Gasteiger partial charge in [0.2, 0.25) is 0 Å². The zero-order chi connectivity index (χ0) is 17.6. The van der Waals surface area contributed by atoms with E-state index < -0.39 is 0 Å².